The van der Waals surface area contributed by atoms with Crippen LogP contribution in [-0.2, 0) is 0 Å². The molecule has 2 aromatic rings. The minimum absolute atomic E-state index is 0.0341. The van der Waals surface area contributed by atoms with Gasteiger partial charge in [0.1, 0.15) is 0 Å². The summed E-state index contributed by atoms with van der Waals surface area (Å²) in [4.78, 5) is 14.5. The monoisotopic (exact) mass is 223 g/mol. The number of aromatic nitrogens is 1. The quantitative estimate of drug-likeness (QED) is 0.760. The van der Waals surface area contributed by atoms with Gasteiger partial charge in [0, 0.05) is 23.5 Å². The summed E-state index contributed by atoms with van der Waals surface area (Å²) < 4.78 is 0. The molecule has 0 unspecified atom stereocenters. The molecule has 0 fully saturated rings. The van der Waals surface area contributed by atoms with Gasteiger partial charge in [-0.05, 0) is 23.8 Å². The molecule has 4 nitrogen and oxygen atoms in total. The third kappa shape index (κ3) is 2.29. The van der Waals surface area contributed by atoms with Crippen LogP contribution in [0.1, 0.15) is 15.9 Å². The number of carboxylic acid groups (broad SMARTS) is 1. The number of hydrogen-bond acceptors (Lipinski definition) is 4. The van der Waals surface area contributed by atoms with Crippen molar-refractivity contribution in [2.75, 3.05) is 0 Å². The van der Waals surface area contributed by atoms with Crippen LogP contribution in [0, 0.1) is 11.3 Å². The van der Waals surface area contributed by atoms with E-state index in [1.165, 1.54) is 12.3 Å². The zero-order valence-corrected chi connectivity index (χ0v) is 8.75. The zero-order chi connectivity index (χ0) is 12.3. The molecule has 1 aromatic carbocycles. The van der Waals surface area contributed by atoms with Gasteiger partial charge in [0.05, 0.1) is 17.6 Å². The molecule has 0 aliphatic rings. The molecule has 0 atom stereocenters. The van der Waals surface area contributed by atoms with Crippen molar-refractivity contribution in [2.45, 2.75) is 0 Å². The molecule has 0 saturated heterocycles. The second-order valence-corrected chi connectivity index (χ2v) is 3.44. The molecule has 0 aliphatic heterocycles. The van der Waals surface area contributed by atoms with E-state index in [2.05, 4.69) is 4.98 Å². The Morgan fingerprint density at radius 1 is 1.18 bits per heavy atom. The molecule has 0 N–H and O–H groups in total. The molecule has 0 spiro atoms. The topological polar surface area (TPSA) is 76.8 Å². The predicted octanol–water partition coefficient (Wildman–Crippen LogP) is 0.984. The van der Waals surface area contributed by atoms with Gasteiger partial charge in [-0.3, -0.25) is 4.98 Å². The Balaban J connectivity index is 2.42. The van der Waals surface area contributed by atoms with Gasteiger partial charge in [-0.2, -0.15) is 5.26 Å². The van der Waals surface area contributed by atoms with Crippen LogP contribution in [-0.4, -0.2) is 11.0 Å². The van der Waals surface area contributed by atoms with Crippen molar-refractivity contribution in [3.63, 3.8) is 0 Å². The van der Waals surface area contributed by atoms with Gasteiger partial charge in [-0.15, -0.1) is 0 Å². The van der Waals surface area contributed by atoms with Crippen LogP contribution in [0.25, 0.3) is 11.1 Å². The number of carboxylic acids is 1. The minimum Gasteiger partial charge on any atom is -0.545 e. The maximum absolute atomic E-state index is 10.7. The summed E-state index contributed by atoms with van der Waals surface area (Å²) in [5.74, 6) is -1.26. The molecule has 82 valence electrons. The van der Waals surface area contributed by atoms with Crippen LogP contribution in [0.4, 0.5) is 0 Å². The van der Waals surface area contributed by atoms with Gasteiger partial charge < -0.3 is 9.90 Å². The minimum atomic E-state index is -1.26. The van der Waals surface area contributed by atoms with Crippen LogP contribution < -0.4 is 5.11 Å². The summed E-state index contributed by atoms with van der Waals surface area (Å²) in [5.41, 5.74) is 2.07. The number of nitrogens with zero attached hydrogens (tertiary/aromatic N) is 2. The molecule has 0 amide bonds. The number of carbonyl (C=O) groups excluding carboxylic acids is 1. The largest absolute Gasteiger partial charge is 0.545 e. The molecular weight excluding hydrogens is 216 g/mol. The molecule has 0 bridgehead atoms. The zero-order valence-electron chi connectivity index (χ0n) is 8.75. The molecule has 0 radical (unpaired) electrons. The van der Waals surface area contributed by atoms with E-state index < -0.39 is 5.97 Å². The van der Waals surface area contributed by atoms with E-state index in [0.717, 1.165) is 5.56 Å². The van der Waals surface area contributed by atoms with Crippen LogP contribution in [0.5, 0.6) is 0 Å². The van der Waals surface area contributed by atoms with Crippen molar-refractivity contribution >= 4 is 5.97 Å². The first-order chi connectivity index (χ1) is 8.20. The van der Waals surface area contributed by atoms with Crippen LogP contribution >= 0.6 is 0 Å². The van der Waals surface area contributed by atoms with Crippen molar-refractivity contribution in [3.8, 4) is 17.2 Å². The van der Waals surface area contributed by atoms with E-state index >= 15 is 0 Å². The summed E-state index contributed by atoms with van der Waals surface area (Å²) in [6, 6.07) is 10.3. The van der Waals surface area contributed by atoms with E-state index in [0.29, 0.717) is 11.1 Å². The summed E-state index contributed by atoms with van der Waals surface area (Å²) in [7, 11) is 0. The Kier molecular flexibility index (Phi) is 2.84. The number of benzene rings is 1. The van der Waals surface area contributed by atoms with E-state index in [9.17, 15) is 9.90 Å². The van der Waals surface area contributed by atoms with Crippen LogP contribution in [0.3, 0.4) is 0 Å². The van der Waals surface area contributed by atoms with E-state index in [4.69, 9.17) is 5.26 Å². The smallest absolute Gasteiger partial charge is 0.0991 e. The van der Waals surface area contributed by atoms with Gasteiger partial charge in [-0.25, -0.2) is 0 Å². The van der Waals surface area contributed by atoms with Gasteiger partial charge in [0.2, 0.25) is 0 Å². The summed E-state index contributed by atoms with van der Waals surface area (Å²) in [6.07, 6.45) is 2.80. The number of rotatable bonds is 2. The van der Waals surface area contributed by atoms with Crippen LogP contribution in [0.15, 0.2) is 42.7 Å². The molecule has 0 saturated carbocycles. The first-order valence-electron chi connectivity index (χ1n) is 4.87. The lowest BCUT2D eigenvalue weighted by Gasteiger charge is -2.05. The highest BCUT2D eigenvalue weighted by molar-refractivity contribution is 5.87. The molecule has 4 heteroatoms. The third-order valence-corrected chi connectivity index (χ3v) is 2.32. The van der Waals surface area contributed by atoms with Crippen LogP contribution in [0.2, 0.25) is 0 Å². The molecule has 0 aliphatic carbocycles. The highest BCUT2D eigenvalue weighted by atomic mass is 16.4. The Labute approximate surface area is 97.8 Å². The highest BCUT2D eigenvalue weighted by Gasteiger charge is 2.01. The van der Waals surface area contributed by atoms with Crippen molar-refractivity contribution in [3.05, 3.63) is 53.9 Å². The maximum atomic E-state index is 10.7. The Morgan fingerprint density at radius 2 is 1.88 bits per heavy atom. The number of pyridine rings is 1. The van der Waals surface area contributed by atoms with Gasteiger partial charge >= 0.3 is 0 Å². The van der Waals surface area contributed by atoms with Gasteiger partial charge in [-0.1, -0.05) is 12.1 Å². The lowest BCUT2D eigenvalue weighted by atomic mass is 10.0. The van der Waals surface area contributed by atoms with Crippen molar-refractivity contribution in [1.82, 2.24) is 4.98 Å². The molecular formula is C13H7N2O2-. The Bertz CT molecular complexity index is 598. The van der Waals surface area contributed by atoms with Gasteiger partial charge in [0.25, 0.3) is 0 Å². The Morgan fingerprint density at radius 3 is 2.47 bits per heavy atom. The number of carbonyl (C=O) groups is 1. The molecule has 1 aromatic heterocycles. The standard InChI is InChI=1S/C13H8N2O2/c14-6-9-1-3-10(4-2-9)11-5-12(13(16)17)8-15-7-11/h1-5,7-8H,(H,16,17)/p-1. The highest BCUT2D eigenvalue weighted by Crippen LogP contribution is 2.19. The molecule has 2 rings (SSSR count). The van der Waals surface area contributed by atoms with Crippen molar-refractivity contribution in [1.29, 1.82) is 5.26 Å². The number of aromatic carboxylic acids is 1. The Hall–Kier alpha value is -2.67. The van der Waals surface area contributed by atoms with Gasteiger partial charge in [0.15, 0.2) is 0 Å². The number of hydrogen-bond donors (Lipinski definition) is 0. The second-order valence-electron chi connectivity index (χ2n) is 3.44. The fraction of sp³-hybridized carbons (Fsp3) is 0. The predicted molar refractivity (Wildman–Crippen MR) is 58.7 cm³/mol. The average molecular weight is 223 g/mol. The summed E-state index contributed by atoms with van der Waals surface area (Å²) >= 11 is 0. The SMILES string of the molecule is N#Cc1ccc(-c2cncc(C(=O)[O-])c2)cc1. The maximum Gasteiger partial charge on any atom is 0.0991 e. The third-order valence-electron chi connectivity index (χ3n) is 2.32. The molecule has 1 heterocycles. The van der Waals surface area contributed by atoms with E-state index in [1.54, 1.807) is 30.5 Å². The first-order valence-corrected chi connectivity index (χ1v) is 4.87. The van der Waals surface area contributed by atoms with Crippen molar-refractivity contribution in [2.24, 2.45) is 0 Å². The second kappa shape index (κ2) is 4.45. The average Bonchev–Trinajstić information content (AvgIpc) is 2.39. The molecule has 17 heavy (non-hydrogen) atoms. The fourth-order valence-electron chi connectivity index (χ4n) is 1.45. The number of nitriles is 1. The fourth-order valence-corrected chi connectivity index (χ4v) is 1.45. The summed E-state index contributed by atoms with van der Waals surface area (Å²) in [5, 5.41) is 19.4. The van der Waals surface area contributed by atoms with Crippen molar-refractivity contribution < 1.29 is 9.90 Å². The summed E-state index contributed by atoms with van der Waals surface area (Å²) in [6.45, 7) is 0. The van der Waals surface area contributed by atoms with E-state index in [1.807, 2.05) is 6.07 Å². The lowest BCUT2D eigenvalue weighted by Crippen LogP contribution is -2.22. The lowest BCUT2D eigenvalue weighted by molar-refractivity contribution is -0.255. The van der Waals surface area contributed by atoms with E-state index in [-0.39, 0.29) is 5.56 Å². The first kappa shape index (κ1) is 10.8. The normalized spacial score (nSPS) is 9.59.